The number of carbonyl (C=O) groups excluding carboxylic acids is 1. The zero-order valence-corrected chi connectivity index (χ0v) is 11.0. The molecule has 0 radical (unpaired) electrons. The van der Waals surface area contributed by atoms with Gasteiger partial charge in [-0.05, 0) is 0 Å². The first kappa shape index (κ1) is 12.1. The van der Waals surface area contributed by atoms with E-state index in [1.165, 1.54) is 0 Å². The Bertz CT molecular complexity index is 430. The van der Waals surface area contributed by atoms with Crippen LogP contribution in [0.1, 0.15) is 45.8 Å². The SMILES string of the molecule is CCC(=O)N1CCn2nc(C(C)(C)C)nc2C1. The summed E-state index contributed by atoms with van der Waals surface area (Å²) in [6.07, 6.45) is 0.556. The topological polar surface area (TPSA) is 51.0 Å². The predicted octanol–water partition coefficient (Wildman–Crippen LogP) is 1.33. The maximum atomic E-state index is 11.6. The molecule has 0 aromatic carbocycles. The second-order valence-electron chi connectivity index (χ2n) is 5.49. The van der Waals surface area contributed by atoms with Crippen LogP contribution in [0.25, 0.3) is 0 Å². The molecule has 0 aliphatic carbocycles. The van der Waals surface area contributed by atoms with E-state index in [0.29, 0.717) is 13.0 Å². The summed E-state index contributed by atoms with van der Waals surface area (Å²) in [6.45, 7) is 10.3. The van der Waals surface area contributed by atoms with Gasteiger partial charge in [-0.15, -0.1) is 0 Å². The fourth-order valence-electron chi connectivity index (χ4n) is 1.89. The Morgan fingerprint density at radius 2 is 2.06 bits per heavy atom. The monoisotopic (exact) mass is 236 g/mol. The Labute approximate surface area is 102 Å². The van der Waals surface area contributed by atoms with Gasteiger partial charge in [0, 0.05) is 18.4 Å². The van der Waals surface area contributed by atoms with Crippen molar-refractivity contribution in [2.45, 2.75) is 52.6 Å². The molecule has 2 rings (SSSR count). The van der Waals surface area contributed by atoms with Gasteiger partial charge in [-0.2, -0.15) is 5.10 Å². The lowest BCUT2D eigenvalue weighted by molar-refractivity contribution is -0.132. The maximum Gasteiger partial charge on any atom is 0.222 e. The van der Waals surface area contributed by atoms with Crippen molar-refractivity contribution in [3.63, 3.8) is 0 Å². The summed E-state index contributed by atoms with van der Waals surface area (Å²) in [4.78, 5) is 18.1. The first-order valence-electron chi connectivity index (χ1n) is 6.14. The highest BCUT2D eigenvalue weighted by molar-refractivity contribution is 5.75. The van der Waals surface area contributed by atoms with E-state index >= 15 is 0 Å². The van der Waals surface area contributed by atoms with E-state index in [9.17, 15) is 4.79 Å². The van der Waals surface area contributed by atoms with Gasteiger partial charge >= 0.3 is 0 Å². The van der Waals surface area contributed by atoms with E-state index in [0.717, 1.165) is 24.7 Å². The van der Waals surface area contributed by atoms with Crippen molar-refractivity contribution in [1.82, 2.24) is 19.7 Å². The molecule has 0 atom stereocenters. The number of aromatic nitrogens is 3. The van der Waals surface area contributed by atoms with Crippen molar-refractivity contribution >= 4 is 5.91 Å². The normalized spacial score (nSPS) is 15.9. The Hall–Kier alpha value is -1.39. The summed E-state index contributed by atoms with van der Waals surface area (Å²) < 4.78 is 1.93. The van der Waals surface area contributed by atoms with Crippen LogP contribution in [-0.4, -0.2) is 32.1 Å². The van der Waals surface area contributed by atoms with E-state index in [1.54, 1.807) is 0 Å². The van der Waals surface area contributed by atoms with Crippen LogP contribution in [0.5, 0.6) is 0 Å². The molecule has 1 amide bonds. The standard InChI is InChI=1S/C12H20N4O/c1-5-10(17)15-6-7-16-9(8-15)13-11(14-16)12(2,3)4/h5-8H2,1-4H3. The average molecular weight is 236 g/mol. The Morgan fingerprint density at radius 3 is 2.65 bits per heavy atom. The third-order valence-electron chi connectivity index (χ3n) is 2.99. The van der Waals surface area contributed by atoms with Crippen molar-refractivity contribution < 1.29 is 4.79 Å². The average Bonchev–Trinajstić information content (AvgIpc) is 2.70. The minimum absolute atomic E-state index is 0.0378. The van der Waals surface area contributed by atoms with Crippen molar-refractivity contribution in [1.29, 1.82) is 0 Å². The second-order valence-corrected chi connectivity index (χ2v) is 5.49. The predicted molar refractivity (Wildman–Crippen MR) is 64.4 cm³/mol. The molecule has 5 nitrogen and oxygen atoms in total. The van der Waals surface area contributed by atoms with Gasteiger partial charge in [-0.3, -0.25) is 4.79 Å². The summed E-state index contributed by atoms with van der Waals surface area (Å²) in [5.41, 5.74) is -0.0378. The van der Waals surface area contributed by atoms with E-state index < -0.39 is 0 Å². The number of amides is 1. The van der Waals surface area contributed by atoms with Crippen LogP contribution in [0, 0.1) is 0 Å². The minimum Gasteiger partial charge on any atom is -0.333 e. The Kier molecular flexibility index (Phi) is 2.93. The summed E-state index contributed by atoms with van der Waals surface area (Å²) in [6, 6.07) is 0. The zero-order valence-electron chi connectivity index (χ0n) is 11.0. The molecule has 1 aromatic rings. The molecule has 0 saturated heterocycles. The molecule has 5 heteroatoms. The van der Waals surface area contributed by atoms with Gasteiger partial charge < -0.3 is 4.90 Å². The fourth-order valence-corrected chi connectivity index (χ4v) is 1.89. The number of nitrogens with zero attached hydrogens (tertiary/aromatic N) is 4. The van der Waals surface area contributed by atoms with Crippen molar-refractivity contribution in [3.8, 4) is 0 Å². The van der Waals surface area contributed by atoms with E-state index in [4.69, 9.17) is 0 Å². The minimum atomic E-state index is -0.0378. The molecular formula is C12H20N4O. The number of rotatable bonds is 1. The third kappa shape index (κ3) is 2.33. The molecule has 1 aliphatic heterocycles. The fraction of sp³-hybridized carbons (Fsp3) is 0.750. The smallest absolute Gasteiger partial charge is 0.222 e. The molecule has 0 N–H and O–H groups in total. The largest absolute Gasteiger partial charge is 0.333 e. The molecular weight excluding hydrogens is 216 g/mol. The first-order chi connectivity index (χ1) is 7.91. The first-order valence-corrected chi connectivity index (χ1v) is 6.14. The molecule has 0 fully saturated rings. The highest BCUT2D eigenvalue weighted by Gasteiger charge is 2.26. The lowest BCUT2D eigenvalue weighted by Gasteiger charge is -2.26. The Balaban J connectivity index is 2.21. The number of hydrogen-bond acceptors (Lipinski definition) is 3. The number of fused-ring (bicyclic) bond motifs is 1. The van der Waals surface area contributed by atoms with Gasteiger partial charge in [0.15, 0.2) is 5.82 Å². The van der Waals surface area contributed by atoms with Crippen LogP contribution in [-0.2, 0) is 23.3 Å². The van der Waals surface area contributed by atoms with E-state index in [1.807, 2.05) is 16.5 Å². The summed E-state index contributed by atoms with van der Waals surface area (Å²) in [5.74, 6) is 1.96. The van der Waals surface area contributed by atoms with Gasteiger partial charge in [0.25, 0.3) is 0 Å². The molecule has 0 unspecified atom stereocenters. The van der Waals surface area contributed by atoms with Gasteiger partial charge in [0.2, 0.25) is 5.91 Å². The van der Waals surface area contributed by atoms with E-state index in [-0.39, 0.29) is 11.3 Å². The van der Waals surface area contributed by atoms with Gasteiger partial charge in [-0.1, -0.05) is 27.7 Å². The summed E-state index contributed by atoms with van der Waals surface area (Å²) in [7, 11) is 0. The van der Waals surface area contributed by atoms with E-state index in [2.05, 4.69) is 30.9 Å². The maximum absolute atomic E-state index is 11.6. The Morgan fingerprint density at radius 1 is 1.35 bits per heavy atom. The van der Waals surface area contributed by atoms with Gasteiger partial charge in [0.05, 0.1) is 13.1 Å². The molecule has 1 aromatic heterocycles. The number of carbonyl (C=O) groups is 1. The van der Waals surface area contributed by atoms with Crippen LogP contribution >= 0.6 is 0 Å². The van der Waals surface area contributed by atoms with Crippen molar-refractivity contribution in [3.05, 3.63) is 11.6 Å². The van der Waals surface area contributed by atoms with Gasteiger partial charge in [-0.25, -0.2) is 9.67 Å². The van der Waals surface area contributed by atoms with Crippen molar-refractivity contribution in [2.24, 2.45) is 0 Å². The van der Waals surface area contributed by atoms with Crippen molar-refractivity contribution in [2.75, 3.05) is 6.54 Å². The molecule has 1 aliphatic rings. The molecule has 2 heterocycles. The highest BCUT2D eigenvalue weighted by Crippen LogP contribution is 2.20. The highest BCUT2D eigenvalue weighted by atomic mass is 16.2. The summed E-state index contributed by atoms with van der Waals surface area (Å²) >= 11 is 0. The summed E-state index contributed by atoms with van der Waals surface area (Å²) in [5, 5.41) is 4.51. The molecule has 0 spiro atoms. The third-order valence-corrected chi connectivity index (χ3v) is 2.99. The van der Waals surface area contributed by atoms with Crippen LogP contribution in [0.2, 0.25) is 0 Å². The molecule has 0 bridgehead atoms. The molecule has 0 saturated carbocycles. The quantitative estimate of drug-likeness (QED) is 0.739. The van der Waals surface area contributed by atoms with Crippen LogP contribution in [0.3, 0.4) is 0 Å². The molecule has 17 heavy (non-hydrogen) atoms. The zero-order chi connectivity index (χ0) is 12.6. The second kappa shape index (κ2) is 4.13. The number of hydrogen-bond donors (Lipinski definition) is 0. The lowest BCUT2D eigenvalue weighted by atomic mass is 9.96. The van der Waals surface area contributed by atoms with Crippen LogP contribution in [0.15, 0.2) is 0 Å². The van der Waals surface area contributed by atoms with Crippen LogP contribution < -0.4 is 0 Å². The molecule has 94 valence electrons. The van der Waals surface area contributed by atoms with Gasteiger partial charge in [0.1, 0.15) is 5.82 Å². The van der Waals surface area contributed by atoms with Crippen LogP contribution in [0.4, 0.5) is 0 Å². The lowest BCUT2D eigenvalue weighted by Crippen LogP contribution is -2.38.